The lowest BCUT2D eigenvalue weighted by Crippen LogP contribution is -2.65. The van der Waals surface area contributed by atoms with Crippen molar-refractivity contribution in [1.82, 2.24) is 14.7 Å². The van der Waals surface area contributed by atoms with Crippen LogP contribution in [0.5, 0.6) is 0 Å². The molecule has 8 atom stereocenters. The van der Waals surface area contributed by atoms with Crippen molar-refractivity contribution < 1.29 is 19.5 Å². The van der Waals surface area contributed by atoms with Gasteiger partial charge in [-0.15, -0.1) is 0 Å². The summed E-state index contributed by atoms with van der Waals surface area (Å²) in [7, 11) is 4.02. The van der Waals surface area contributed by atoms with Gasteiger partial charge < -0.3 is 19.8 Å². The molecule has 0 spiro atoms. The monoisotopic (exact) mass is 615 g/mol. The maximum absolute atomic E-state index is 13.9. The average molecular weight is 616 g/mol. The molecular formula is C38H53N3O4. The molecule has 244 valence electrons. The van der Waals surface area contributed by atoms with Gasteiger partial charge in [0.05, 0.1) is 0 Å². The van der Waals surface area contributed by atoms with Gasteiger partial charge in [-0.1, -0.05) is 45.4 Å². The smallest absolute Gasteiger partial charge is 0.312 e. The number of carbonyl (C=O) groups is 3. The molecule has 3 saturated carbocycles. The molecule has 45 heavy (non-hydrogen) atoms. The Balaban J connectivity index is 1.18. The number of fused-ring (bicyclic) bond motifs is 8. The molecular weight excluding hydrogens is 562 g/mol. The van der Waals surface area contributed by atoms with Gasteiger partial charge in [0, 0.05) is 49.8 Å². The van der Waals surface area contributed by atoms with E-state index in [1.165, 1.54) is 5.57 Å². The van der Waals surface area contributed by atoms with E-state index in [0.717, 1.165) is 69.2 Å². The number of likely N-dealkylation sites (N-methyl/N-ethyl adjacent to an activating group) is 1. The first kappa shape index (κ1) is 31.0. The summed E-state index contributed by atoms with van der Waals surface area (Å²) in [5.74, 6) is 0.260. The van der Waals surface area contributed by atoms with Crippen molar-refractivity contribution >= 4 is 17.6 Å². The zero-order chi connectivity index (χ0) is 32.5. The Morgan fingerprint density at radius 1 is 0.911 bits per heavy atom. The molecule has 2 heterocycles. The summed E-state index contributed by atoms with van der Waals surface area (Å²) in [4.78, 5) is 46.3. The van der Waals surface area contributed by atoms with Crippen LogP contribution in [0.3, 0.4) is 0 Å². The number of carbonyl (C=O) groups excluding carboxylic acids is 3. The van der Waals surface area contributed by atoms with Crippen LogP contribution < -0.4 is 0 Å². The predicted octanol–water partition coefficient (Wildman–Crippen LogP) is 5.84. The van der Waals surface area contributed by atoms with Crippen LogP contribution in [0.4, 0.5) is 0 Å². The van der Waals surface area contributed by atoms with Crippen LogP contribution in [-0.4, -0.2) is 83.2 Å². The van der Waals surface area contributed by atoms with Crippen molar-refractivity contribution in [3.63, 3.8) is 0 Å². The third kappa shape index (κ3) is 4.07. The molecule has 0 bridgehead atoms. The van der Waals surface area contributed by atoms with Crippen molar-refractivity contribution in [2.24, 2.45) is 39.4 Å². The highest BCUT2D eigenvalue weighted by molar-refractivity contribution is 6.35. The lowest BCUT2D eigenvalue weighted by Gasteiger charge is -2.70. The standard InChI is InChI=1S/C38H53N3O4/c1-23-26-9-10-29-36(4,27(26)17-28(42)31(23)43)14-16-38(6)30-18-35(3,13-11-34(30,2)12-15-37(29,38)5)40(8)32(44)33(45)41-21-24-19-39(7)20-25(24)22-41/h9-10,17,24-25,30,43H,11-16,18-22H2,1-8H3/t24-,25+,30?,34-,35-,36+,37-,38+/m1/s1. The Morgan fingerprint density at radius 3 is 2.22 bits per heavy atom. The Labute approximate surface area is 269 Å². The van der Waals surface area contributed by atoms with Gasteiger partial charge in [0.15, 0.2) is 5.76 Å². The molecule has 0 radical (unpaired) electrons. The van der Waals surface area contributed by atoms with Crippen LogP contribution >= 0.6 is 0 Å². The average Bonchev–Trinajstić information content (AvgIpc) is 3.55. The molecule has 7 aliphatic rings. The zero-order valence-corrected chi connectivity index (χ0v) is 28.8. The number of ketones is 1. The second-order valence-electron chi connectivity index (χ2n) is 17.4. The maximum Gasteiger partial charge on any atom is 0.312 e. The van der Waals surface area contributed by atoms with E-state index in [9.17, 15) is 19.5 Å². The summed E-state index contributed by atoms with van der Waals surface area (Å²) < 4.78 is 0. The highest BCUT2D eigenvalue weighted by Gasteiger charge is 2.67. The highest BCUT2D eigenvalue weighted by atomic mass is 16.3. The summed E-state index contributed by atoms with van der Waals surface area (Å²) in [6.45, 7) is 17.3. The third-order valence-electron chi connectivity index (χ3n) is 15.1. The largest absolute Gasteiger partial charge is 0.504 e. The molecule has 5 aliphatic carbocycles. The van der Waals surface area contributed by atoms with E-state index >= 15 is 0 Å². The Hall–Kier alpha value is -2.67. The number of rotatable bonds is 1. The lowest BCUT2D eigenvalue weighted by molar-refractivity contribution is -0.173. The van der Waals surface area contributed by atoms with Crippen LogP contribution in [0.15, 0.2) is 46.3 Å². The molecule has 1 N–H and O–H groups in total. The summed E-state index contributed by atoms with van der Waals surface area (Å²) in [5.41, 5.74) is 3.60. The number of allylic oxidation sites excluding steroid dienone is 7. The van der Waals surface area contributed by atoms with E-state index in [1.54, 1.807) is 6.08 Å². The van der Waals surface area contributed by atoms with Gasteiger partial charge in [0.25, 0.3) is 0 Å². The number of hydrogen-bond donors (Lipinski definition) is 1. The van der Waals surface area contributed by atoms with Crippen LogP contribution in [-0.2, 0) is 14.4 Å². The Kier molecular flexibility index (Phi) is 6.66. The first-order chi connectivity index (χ1) is 21.0. The molecule has 0 aromatic rings. The van der Waals surface area contributed by atoms with Crippen LogP contribution in [0.2, 0.25) is 0 Å². The molecule has 1 unspecified atom stereocenters. The molecule has 2 saturated heterocycles. The summed E-state index contributed by atoms with van der Waals surface area (Å²) in [6, 6.07) is 0. The molecule has 5 fully saturated rings. The molecule has 2 aliphatic heterocycles. The molecule has 7 heteroatoms. The van der Waals surface area contributed by atoms with Crippen LogP contribution in [0, 0.1) is 39.4 Å². The summed E-state index contributed by atoms with van der Waals surface area (Å²) >= 11 is 0. The number of hydrogen-bond acceptors (Lipinski definition) is 5. The van der Waals surface area contributed by atoms with Crippen molar-refractivity contribution in [3.8, 4) is 0 Å². The van der Waals surface area contributed by atoms with Crippen LogP contribution in [0.25, 0.3) is 0 Å². The van der Waals surface area contributed by atoms with E-state index in [0.29, 0.717) is 36.4 Å². The number of aliphatic hydroxyl groups is 1. The minimum absolute atomic E-state index is 0.00303. The van der Waals surface area contributed by atoms with Crippen molar-refractivity contribution in [3.05, 3.63) is 46.3 Å². The van der Waals surface area contributed by atoms with Crippen LogP contribution in [0.1, 0.15) is 86.5 Å². The number of nitrogens with zero attached hydrogens (tertiary/aromatic N) is 3. The fourth-order valence-electron chi connectivity index (χ4n) is 11.7. The highest BCUT2D eigenvalue weighted by Crippen LogP contribution is 2.75. The van der Waals surface area contributed by atoms with Gasteiger partial charge in [0.1, 0.15) is 0 Å². The number of amides is 2. The van der Waals surface area contributed by atoms with Gasteiger partial charge >= 0.3 is 11.8 Å². The predicted molar refractivity (Wildman–Crippen MR) is 175 cm³/mol. The van der Waals surface area contributed by atoms with E-state index in [-0.39, 0.29) is 50.6 Å². The Bertz CT molecular complexity index is 1510. The van der Waals surface area contributed by atoms with E-state index in [2.05, 4.69) is 58.7 Å². The van der Waals surface area contributed by atoms with Gasteiger partial charge in [-0.3, -0.25) is 14.4 Å². The Morgan fingerprint density at radius 2 is 1.56 bits per heavy atom. The van der Waals surface area contributed by atoms with Gasteiger partial charge in [-0.2, -0.15) is 0 Å². The van der Waals surface area contributed by atoms with Gasteiger partial charge in [-0.25, -0.2) is 0 Å². The minimum Gasteiger partial charge on any atom is -0.504 e. The maximum atomic E-state index is 13.9. The topological polar surface area (TPSA) is 81.2 Å². The van der Waals surface area contributed by atoms with Gasteiger partial charge in [0.2, 0.25) is 5.78 Å². The fourth-order valence-corrected chi connectivity index (χ4v) is 11.7. The number of aliphatic hydroxyl groups excluding tert-OH is 1. The van der Waals surface area contributed by atoms with E-state index < -0.39 is 0 Å². The molecule has 7 rings (SSSR count). The molecule has 2 amide bonds. The molecule has 0 aromatic heterocycles. The quantitative estimate of drug-likeness (QED) is 0.375. The second kappa shape index (κ2) is 9.68. The molecule has 0 aromatic carbocycles. The first-order valence-corrected chi connectivity index (χ1v) is 17.3. The van der Waals surface area contributed by atoms with Gasteiger partial charge in [-0.05, 0) is 117 Å². The van der Waals surface area contributed by atoms with E-state index in [4.69, 9.17) is 0 Å². The second-order valence-corrected chi connectivity index (χ2v) is 17.4. The van der Waals surface area contributed by atoms with E-state index in [1.807, 2.05) is 23.8 Å². The third-order valence-corrected chi connectivity index (χ3v) is 15.1. The summed E-state index contributed by atoms with van der Waals surface area (Å²) in [6.07, 6.45) is 13.2. The summed E-state index contributed by atoms with van der Waals surface area (Å²) in [5, 5.41) is 10.4. The van der Waals surface area contributed by atoms with Crippen molar-refractivity contribution in [2.75, 3.05) is 40.3 Å². The molecule has 7 nitrogen and oxygen atoms in total. The first-order valence-electron chi connectivity index (χ1n) is 17.3. The lowest BCUT2D eigenvalue weighted by atomic mass is 9.35. The normalized spacial score (nSPS) is 44.2. The minimum atomic E-state index is -0.388. The van der Waals surface area contributed by atoms with Crippen molar-refractivity contribution in [1.29, 1.82) is 0 Å². The fraction of sp³-hybridized carbons (Fsp3) is 0.711. The number of likely N-dealkylation sites (tertiary alicyclic amines) is 2. The van der Waals surface area contributed by atoms with Crippen molar-refractivity contribution in [2.45, 2.75) is 92.0 Å². The SMILES string of the molecule is CC1=C(O)C(=O)C=C2C1=CC=C1[C@@]2(C)CC[C@@]2(C)C3C[C@](C)(N(C)C(=O)C(=O)N4C[C@H]5CN(C)C[C@H]5C4)CC[C@]3(C)CC[C@]12C. The zero-order valence-electron chi connectivity index (χ0n) is 28.8.